The van der Waals surface area contributed by atoms with Gasteiger partial charge in [0.25, 0.3) is 5.91 Å². The molecule has 1 amide bonds. The summed E-state index contributed by atoms with van der Waals surface area (Å²) in [5, 5.41) is 3.55. The molecule has 1 fully saturated rings. The zero-order chi connectivity index (χ0) is 21.9. The second kappa shape index (κ2) is 8.96. The summed E-state index contributed by atoms with van der Waals surface area (Å²) in [7, 11) is -2.29. The number of ether oxygens (including phenoxy) is 1. The maximum atomic E-state index is 13.0. The Morgan fingerprint density at radius 3 is 2.50 bits per heavy atom. The van der Waals surface area contributed by atoms with Crippen LogP contribution in [0.15, 0.2) is 47.4 Å². The lowest BCUT2D eigenvalue weighted by atomic mass is 9.84. The normalized spacial score (nSPS) is 15.2. The van der Waals surface area contributed by atoms with Gasteiger partial charge in [-0.3, -0.25) is 4.79 Å². The van der Waals surface area contributed by atoms with Gasteiger partial charge in [0.1, 0.15) is 10.6 Å². The first kappa shape index (κ1) is 22.6. The van der Waals surface area contributed by atoms with Crippen molar-refractivity contribution in [2.45, 2.75) is 37.0 Å². The van der Waals surface area contributed by atoms with Crippen molar-refractivity contribution in [1.29, 1.82) is 0 Å². The molecule has 8 heteroatoms. The second-order valence-electron chi connectivity index (χ2n) is 8.05. The van der Waals surface area contributed by atoms with E-state index in [4.69, 9.17) is 16.3 Å². The smallest absolute Gasteiger partial charge is 0.251 e. The molecule has 1 N–H and O–H groups in total. The highest BCUT2D eigenvalue weighted by molar-refractivity contribution is 7.89. The Balaban J connectivity index is 1.81. The van der Waals surface area contributed by atoms with Crippen LogP contribution in [0.25, 0.3) is 0 Å². The molecule has 162 valence electrons. The molecule has 1 saturated heterocycles. The number of carbonyl (C=O) groups is 1. The predicted molar refractivity (Wildman–Crippen MR) is 118 cm³/mol. The molecule has 0 spiro atoms. The van der Waals surface area contributed by atoms with Crippen molar-refractivity contribution in [2.75, 3.05) is 26.7 Å². The molecular weight excluding hydrogens is 424 g/mol. The van der Waals surface area contributed by atoms with Crippen LogP contribution in [0.2, 0.25) is 5.02 Å². The van der Waals surface area contributed by atoms with Gasteiger partial charge < -0.3 is 10.1 Å². The Hall–Kier alpha value is -2.09. The van der Waals surface area contributed by atoms with Crippen molar-refractivity contribution in [3.05, 3.63) is 58.6 Å². The molecule has 0 aliphatic carbocycles. The van der Waals surface area contributed by atoms with E-state index in [2.05, 4.69) is 5.32 Å². The molecule has 1 heterocycles. The minimum Gasteiger partial charge on any atom is -0.495 e. The summed E-state index contributed by atoms with van der Waals surface area (Å²) < 4.78 is 32.7. The first-order chi connectivity index (χ1) is 14.1. The Kier molecular flexibility index (Phi) is 6.75. The average molecular weight is 451 g/mol. The van der Waals surface area contributed by atoms with Crippen molar-refractivity contribution < 1.29 is 17.9 Å². The number of methoxy groups -OCH3 is 1. The molecule has 1 aliphatic rings. The third-order valence-electron chi connectivity index (χ3n) is 5.41. The topological polar surface area (TPSA) is 75.7 Å². The monoisotopic (exact) mass is 450 g/mol. The van der Waals surface area contributed by atoms with Crippen LogP contribution in [-0.2, 0) is 15.4 Å². The maximum Gasteiger partial charge on any atom is 0.251 e. The quantitative estimate of drug-likeness (QED) is 0.695. The zero-order valence-electron chi connectivity index (χ0n) is 17.4. The van der Waals surface area contributed by atoms with E-state index < -0.39 is 10.0 Å². The number of rotatable bonds is 7. The van der Waals surface area contributed by atoms with Gasteiger partial charge in [0, 0.05) is 35.6 Å². The first-order valence-electron chi connectivity index (χ1n) is 9.87. The van der Waals surface area contributed by atoms with Crippen molar-refractivity contribution in [1.82, 2.24) is 9.62 Å². The number of amides is 1. The van der Waals surface area contributed by atoms with E-state index in [0.717, 1.165) is 18.4 Å². The van der Waals surface area contributed by atoms with Crippen LogP contribution in [0.4, 0.5) is 0 Å². The molecule has 3 rings (SSSR count). The third-order valence-corrected chi connectivity index (χ3v) is 7.56. The minimum atomic E-state index is -3.71. The Morgan fingerprint density at radius 1 is 1.17 bits per heavy atom. The molecule has 2 aromatic rings. The molecule has 0 saturated carbocycles. The summed E-state index contributed by atoms with van der Waals surface area (Å²) >= 11 is 6.09. The molecule has 0 bridgehead atoms. The molecule has 0 radical (unpaired) electrons. The molecular formula is C22H27ClN2O4S. The van der Waals surface area contributed by atoms with E-state index in [-0.39, 0.29) is 27.5 Å². The number of nitrogens with zero attached hydrogens (tertiary/aromatic N) is 1. The second-order valence-corrected chi connectivity index (χ2v) is 10.4. The molecule has 6 nitrogen and oxygen atoms in total. The van der Waals surface area contributed by atoms with E-state index in [1.54, 1.807) is 12.1 Å². The van der Waals surface area contributed by atoms with Gasteiger partial charge in [0.05, 0.1) is 7.11 Å². The lowest BCUT2D eigenvalue weighted by molar-refractivity contribution is 0.0945. The van der Waals surface area contributed by atoms with Crippen LogP contribution in [0, 0.1) is 0 Å². The fraction of sp³-hybridized carbons (Fsp3) is 0.409. The molecule has 2 aromatic carbocycles. The van der Waals surface area contributed by atoms with Crippen molar-refractivity contribution in [3.63, 3.8) is 0 Å². The van der Waals surface area contributed by atoms with Crippen LogP contribution in [-0.4, -0.2) is 45.4 Å². The van der Waals surface area contributed by atoms with Crippen LogP contribution in [0.5, 0.6) is 5.75 Å². The summed E-state index contributed by atoms with van der Waals surface area (Å²) in [5.74, 6) is -0.108. The van der Waals surface area contributed by atoms with Gasteiger partial charge in [-0.05, 0) is 48.7 Å². The average Bonchev–Trinajstić information content (AvgIpc) is 3.27. The van der Waals surface area contributed by atoms with Crippen LogP contribution >= 0.6 is 11.6 Å². The highest BCUT2D eigenvalue weighted by Crippen LogP contribution is 2.30. The van der Waals surface area contributed by atoms with Gasteiger partial charge in [0.15, 0.2) is 0 Å². The SMILES string of the molecule is COc1ccc(C(=O)NCC(C)(C)c2cccc(Cl)c2)cc1S(=O)(=O)N1CCCC1. The summed E-state index contributed by atoms with van der Waals surface area (Å²) in [6.07, 6.45) is 1.67. The fourth-order valence-corrected chi connectivity index (χ4v) is 5.39. The summed E-state index contributed by atoms with van der Waals surface area (Å²) in [6.45, 7) is 5.35. The number of halogens is 1. The molecule has 0 unspecified atom stereocenters. The van der Waals surface area contributed by atoms with Gasteiger partial charge >= 0.3 is 0 Å². The highest BCUT2D eigenvalue weighted by atomic mass is 35.5. The van der Waals surface area contributed by atoms with Crippen molar-refractivity contribution in [2.24, 2.45) is 0 Å². The van der Waals surface area contributed by atoms with Crippen molar-refractivity contribution >= 4 is 27.5 Å². The Labute approximate surface area is 183 Å². The number of carbonyl (C=O) groups excluding carboxylic acids is 1. The number of sulfonamides is 1. The molecule has 30 heavy (non-hydrogen) atoms. The standard InChI is InChI=1S/C22H27ClN2O4S/c1-22(2,17-7-6-8-18(23)14-17)15-24-21(26)16-9-10-19(29-3)20(13-16)30(27,28)25-11-4-5-12-25/h6-10,13-14H,4-5,11-12,15H2,1-3H3,(H,24,26). The predicted octanol–water partition coefficient (Wildman–Crippen LogP) is 3.84. The summed E-state index contributed by atoms with van der Waals surface area (Å²) in [6, 6.07) is 12.0. The number of nitrogens with one attached hydrogen (secondary N) is 1. The summed E-state index contributed by atoms with van der Waals surface area (Å²) in [4.78, 5) is 12.8. The first-order valence-corrected chi connectivity index (χ1v) is 11.7. The van der Waals surface area contributed by atoms with Gasteiger partial charge in [0.2, 0.25) is 10.0 Å². The van der Waals surface area contributed by atoms with Crippen molar-refractivity contribution in [3.8, 4) is 5.75 Å². The van der Waals surface area contributed by atoms with Crippen LogP contribution in [0.1, 0.15) is 42.6 Å². The Bertz CT molecular complexity index is 1030. The lowest BCUT2D eigenvalue weighted by Crippen LogP contribution is -2.36. The zero-order valence-corrected chi connectivity index (χ0v) is 19.0. The maximum absolute atomic E-state index is 13.0. The third kappa shape index (κ3) is 4.79. The van der Waals surface area contributed by atoms with E-state index in [0.29, 0.717) is 24.7 Å². The minimum absolute atomic E-state index is 0.0219. The van der Waals surface area contributed by atoms with E-state index in [1.807, 2.05) is 32.0 Å². The van der Waals surface area contributed by atoms with Gasteiger partial charge in [-0.2, -0.15) is 4.31 Å². The molecule has 1 aliphatic heterocycles. The number of hydrogen-bond donors (Lipinski definition) is 1. The lowest BCUT2D eigenvalue weighted by Gasteiger charge is -2.26. The van der Waals surface area contributed by atoms with E-state index in [1.165, 1.54) is 23.5 Å². The van der Waals surface area contributed by atoms with E-state index in [9.17, 15) is 13.2 Å². The number of benzene rings is 2. The molecule has 0 atom stereocenters. The van der Waals surface area contributed by atoms with Gasteiger partial charge in [-0.1, -0.05) is 37.6 Å². The highest BCUT2D eigenvalue weighted by Gasteiger charge is 2.31. The van der Waals surface area contributed by atoms with E-state index >= 15 is 0 Å². The summed E-state index contributed by atoms with van der Waals surface area (Å²) in [5.41, 5.74) is 0.926. The van der Waals surface area contributed by atoms with Crippen LogP contribution < -0.4 is 10.1 Å². The van der Waals surface area contributed by atoms with Crippen LogP contribution in [0.3, 0.4) is 0 Å². The fourth-order valence-electron chi connectivity index (χ4n) is 3.50. The number of hydrogen-bond acceptors (Lipinski definition) is 4. The largest absolute Gasteiger partial charge is 0.495 e. The van der Waals surface area contributed by atoms with Gasteiger partial charge in [-0.25, -0.2) is 8.42 Å². The molecule has 0 aromatic heterocycles. The van der Waals surface area contributed by atoms with Gasteiger partial charge in [-0.15, -0.1) is 0 Å². The Morgan fingerprint density at radius 2 is 1.87 bits per heavy atom.